The van der Waals surface area contributed by atoms with Crippen molar-refractivity contribution in [2.24, 2.45) is 0 Å². The molecule has 0 bridgehead atoms. The summed E-state index contributed by atoms with van der Waals surface area (Å²) in [6.07, 6.45) is 0. The first kappa shape index (κ1) is 11.7. The molecule has 0 heterocycles. The number of nitrogens with one attached hydrogen (secondary N) is 1. The van der Waals surface area contributed by atoms with Gasteiger partial charge in [-0.15, -0.1) is 3.89 Å². The van der Waals surface area contributed by atoms with Crippen LogP contribution in [0.25, 0.3) is 0 Å². The van der Waals surface area contributed by atoms with E-state index in [0.717, 1.165) is 0 Å². The van der Waals surface area contributed by atoms with Gasteiger partial charge in [-0.25, -0.2) is 0 Å². The summed E-state index contributed by atoms with van der Waals surface area (Å²) in [5, 5.41) is 2.84. The molecule has 0 amide bonds. The molecule has 0 saturated carbocycles. The van der Waals surface area contributed by atoms with E-state index in [9.17, 15) is 12.3 Å². The van der Waals surface area contributed by atoms with Gasteiger partial charge >= 0.3 is 10.2 Å². The first-order valence-electron chi connectivity index (χ1n) is 4.22. The van der Waals surface area contributed by atoms with E-state index in [-0.39, 0.29) is 4.90 Å². The van der Waals surface area contributed by atoms with Gasteiger partial charge in [0.05, 0.1) is 11.4 Å². The highest BCUT2D eigenvalue weighted by atomic mass is 32.3. The van der Waals surface area contributed by atoms with Crippen LogP contribution in [-0.2, 0) is 10.2 Å². The molecule has 0 radical (unpaired) electrons. The van der Waals surface area contributed by atoms with Crippen LogP contribution in [0, 0.1) is 11.8 Å². The van der Waals surface area contributed by atoms with Crippen LogP contribution >= 0.6 is 0 Å². The zero-order valence-electron chi connectivity index (χ0n) is 8.12. The average molecular weight is 227 g/mol. The molecule has 0 aliphatic carbocycles. The predicted molar refractivity (Wildman–Crippen MR) is 55.5 cm³/mol. The molecule has 1 aromatic rings. The molecule has 0 aliphatic rings. The molecule has 1 aromatic carbocycles. The van der Waals surface area contributed by atoms with Crippen LogP contribution in [0.1, 0.15) is 5.56 Å². The average Bonchev–Trinajstić information content (AvgIpc) is 2.18. The van der Waals surface area contributed by atoms with Gasteiger partial charge in [0, 0.05) is 5.56 Å². The molecular weight excluding hydrogens is 217 g/mol. The van der Waals surface area contributed by atoms with Crippen molar-refractivity contribution in [1.29, 1.82) is 0 Å². The molecular formula is C10H10FNO2S. The first-order valence-corrected chi connectivity index (χ1v) is 5.60. The van der Waals surface area contributed by atoms with Crippen molar-refractivity contribution in [3.8, 4) is 11.8 Å². The Labute approximate surface area is 88.5 Å². The van der Waals surface area contributed by atoms with Crippen molar-refractivity contribution in [1.82, 2.24) is 5.32 Å². The van der Waals surface area contributed by atoms with Crippen molar-refractivity contribution in [2.75, 3.05) is 13.6 Å². The Morgan fingerprint density at radius 2 is 1.93 bits per heavy atom. The third-order valence-electron chi connectivity index (χ3n) is 1.63. The molecule has 0 fully saturated rings. The maximum Gasteiger partial charge on any atom is 0.332 e. The molecule has 3 nitrogen and oxygen atoms in total. The highest BCUT2D eigenvalue weighted by Crippen LogP contribution is 2.12. The number of hydrogen-bond acceptors (Lipinski definition) is 3. The van der Waals surface area contributed by atoms with Gasteiger partial charge in [-0.2, -0.15) is 8.42 Å². The highest BCUT2D eigenvalue weighted by Gasteiger charge is 2.09. The smallest absolute Gasteiger partial charge is 0.309 e. The summed E-state index contributed by atoms with van der Waals surface area (Å²) in [6.45, 7) is 0.545. The van der Waals surface area contributed by atoms with Crippen molar-refractivity contribution in [3.63, 3.8) is 0 Å². The normalized spacial score (nSPS) is 10.5. The Morgan fingerprint density at radius 1 is 1.33 bits per heavy atom. The fourth-order valence-corrected chi connectivity index (χ4v) is 1.40. The van der Waals surface area contributed by atoms with Crippen molar-refractivity contribution < 1.29 is 12.3 Å². The molecule has 0 aliphatic heterocycles. The summed E-state index contributed by atoms with van der Waals surface area (Å²) < 4.78 is 33.5. The third-order valence-corrected chi connectivity index (χ3v) is 2.47. The van der Waals surface area contributed by atoms with E-state index >= 15 is 0 Å². The minimum absolute atomic E-state index is 0.346. The number of halogens is 1. The van der Waals surface area contributed by atoms with E-state index in [1.165, 1.54) is 24.3 Å². The Morgan fingerprint density at radius 3 is 2.40 bits per heavy atom. The molecule has 1 rings (SSSR count). The van der Waals surface area contributed by atoms with E-state index in [4.69, 9.17) is 0 Å². The van der Waals surface area contributed by atoms with Crippen molar-refractivity contribution in [3.05, 3.63) is 29.8 Å². The van der Waals surface area contributed by atoms with Crippen LogP contribution in [0.5, 0.6) is 0 Å². The van der Waals surface area contributed by atoms with E-state index in [1.807, 2.05) is 0 Å². The second-order valence-electron chi connectivity index (χ2n) is 2.79. The van der Waals surface area contributed by atoms with Gasteiger partial charge in [0.25, 0.3) is 0 Å². The topological polar surface area (TPSA) is 46.2 Å². The van der Waals surface area contributed by atoms with Gasteiger partial charge in [-0.3, -0.25) is 0 Å². The van der Waals surface area contributed by atoms with Crippen LogP contribution in [0.15, 0.2) is 29.2 Å². The summed E-state index contributed by atoms with van der Waals surface area (Å²) in [5.41, 5.74) is 0.651. The third kappa shape index (κ3) is 3.70. The summed E-state index contributed by atoms with van der Waals surface area (Å²) in [4.78, 5) is -0.346. The zero-order valence-corrected chi connectivity index (χ0v) is 8.94. The quantitative estimate of drug-likeness (QED) is 0.603. The Hall–Kier alpha value is -1.38. The zero-order chi connectivity index (χ0) is 11.3. The SMILES string of the molecule is CNCC#Cc1ccc(S(=O)(=O)F)cc1. The maximum atomic E-state index is 12.5. The molecule has 1 N–H and O–H groups in total. The van der Waals surface area contributed by atoms with Crippen LogP contribution < -0.4 is 5.32 Å². The summed E-state index contributed by atoms with van der Waals surface area (Å²) in [7, 11) is -2.83. The minimum atomic E-state index is -4.61. The van der Waals surface area contributed by atoms with Gasteiger partial charge in [-0.1, -0.05) is 11.8 Å². The lowest BCUT2D eigenvalue weighted by molar-refractivity contribution is 0.552. The van der Waals surface area contributed by atoms with Gasteiger partial charge in [0.2, 0.25) is 0 Å². The predicted octanol–water partition coefficient (Wildman–Crippen LogP) is 0.916. The lowest BCUT2D eigenvalue weighted by Crippen LogP contribution is -2.04. The lowest BCUT2D eigenvalue weighted by Gasteiger charge is -1.94. The summed E-state index contributed by atoms with van der Waals surface area (Å²) in [6, 6.07) is 5.32. The number of rotatable bonds is 2. The van der Waals surface area contributed by atoms with Gasteiger partial charge in [-0.05, 0) is 31.3 Å². The maximum absolute atomic E-state index is 12.5. The first-order chi connectivity index (χ1) is 7.04. The molecule has 0 saturated heterocycles. The van der Waals surface area contributed by atoms with E-state index in [1.54, 1.807) is 7.05 Å². The summed E-state index contributed by atoms with van der Waals surface area (Å²) in [5.74, 6) is 5.60. The fraction of sp³-hybridized carbons (Fsp3) is 0.200. The Balaban J connectivity index is 2.88. The monoisotopic (exact) mass is 227 g/mol. The standard InChI is InChI=1S/C10H10FNO2S/c1-12-8-2-3-9-4-6-10(7-5-9)15(11,13)14/h4-7,12H,8H2,1H3. The molecule has 15 heavy (non-hydrogen) atoms. The van der Waals surface area contributed by atoms with Crippen LogP contribution in [-0.4, -0.2) is 22.0 Å². The van der Waals surface area contributed by atoms with Crippen LogP contribution in [0.4, 0.5) is 3.89 Å². The molecule has 0 aromatic heterocycles. The van der Waals surface area contributed by atoms with E-state index in [2.05, 4.69) is 17.2 Å². The van der Waals surface area contributed by atoms with Gasteiger partial charge in [0.1, 0.15) is 0 Å². The number of benzene rings is 1. The molecule has 0 atom stereocenters. The lowest BCUT2D eigenvalue weighted by atomic mass is 10.2. The number of hydrogen-bond donors (Lipinski definition) is 1. The highest BCUT2D eigenvalue weighted by molar-refractivity contribution is 7.86. The second kappa shape index (κ2) is 4.91. The largest absolute Gasteiger partial charge is 0.332 e. The van der Waals surface area contributed by atoms with E-state index in [0.29, 0.717) is 12.1 Å². The van der Waals surface area contributed by atoms with Gasteiger partial charge < -0.3 is 5.32 Å². The van der Waals surface area contributed by atoms with Gasteiger partial charge in [0.15, 0.2) is 0 Å². The Kier molecular flexibility index (Phi) is 3.83. The molecule has 0 spiro atoms. The van der Waals surface area contributed by atoms with Crippen LogP contribution in [0.3, 0.4) is 0 Å². The van der Waals surface area contributed by atoms with Crippen molar-refractivity contribution in [2.45, 2.75) is 4.90 Å². The Bertz CT molecular complexity index is 482. The molecule has 0 unspecified atom stereocenters. The fourth-order valence-electron chi connectivity index (χ4n) is 0.935. The molecule has 80 valence electrons. The van der Waals surface area contributed by atoms with Crippen LogP contribution in [0.2, 0.25) is 0 Å². The van der Waals surface area contributed by atoms with Crippen molar-refractivity contribution >= 4 is 10.2 Å². The summed E-state index contributed by atoms with van der Waals surface area (Å²) >= 11 is 0. The second-order valence-corrected chi connectivity index (χ2v) is 4.14. The minimum Gasteiger partial charge on any atom is -0.309 e. The molecule has 5 heteroatoms. The van der Waals surface area contributed by atoms with E-state index < -0.39 is 10.2 Å².